The Labute approximate surface area is 172 Å². The summed E-state index contributed by atoms with van der Waals surface area (Å²) in [5, 5.41) is 3.57. The van der Waals surface area contributed by atoms with Crippen molar-refractivity contribution in [3.8, 4) is 0 Å². The zero-order chi connectivity index (χ0) is 20.4. The molecule has 0 saturated carbocycles. The summed E-state index contributed by atoms with van der Waals surface area (Å²) < 4.78 is 11.2. The predicted octanol–water partition coefficient (Wildman–Crippen LogP) is 2.30. The molecule has 4 heterocycles. The van der Waals surface area contributed by atoms with E-state index in [1.165, 1.54) is 12.8 Å². The lowest BCUT2D eigenvalue weighted by Gasteiger charge is -2.39. The van der Waals surface area contributed by atoms with E-state index < -0.39 is 5.60 Å². The number of fused-ring (bicyclic) bond motifs is 1. The fourth-order valence-corrected chi connectivity index (χ4v) is 4.35. The van der Waals surface area contributed by atoms with Crippen molar-refractivity contribution in [3.63, 3.8) is 0 Å². The monoisotopic (exact) mass is 403 g/mol. The van der Waals surface area contributed by atoms with Gasteiger partial charge in [-0.25, -0.2) is 4.79 Å². The largest absolute Gasteiger partial charge is 0.468 e. The van der Waals surface area contributed by atoms with E-state index in [4.69, 9.17) is 14.1 Å². The van der Waals surface area contributed by atoms with Gasteiger partial charge in [-0.2, -0.15) is 0 Å². The summed E-state index contributed by atoms with van der Waals surface area (Å²) in [5.41, 5.74) is -0.469. The number of rotatable bonds is 4. The fourth-order valence-electron chi connectivity index (χ4n) is 4.35. The van der Waals surface area contributed by atoms with Crippen LogP contribution in [0.2, 0.25) is 0 Å². The molecule has 1 aromatic heterocycles. The highest BCUT2D eigenvalue weighted by atomic mass is 16.6. The zero-order valence-electron chi connectivity index (χ0n) is 17.8. The maximum absolute atomic E-state index is 12.4. The lowest BCUT2D eigenvalue weighted by molar-refractivity contribution is 0.0137. The summed E-state index contributed by atoms with van der Waals surface area (Å²) in [6.45, 7) is 11.5. The Morgan fingerprint density at radius 1 is 1.31 bits per heavy atom. The molecule has 2 fully saturated rings. The Morgan fingerprint density at radius 2 is 2.10 bits per heavy atom. The lowest BCUT2D eigenvalue weighted by atomic mass is 10.2. The molecule has 1 N–H and O–H groups in total. The van der Waals surface area contributed by atoms with E-state index in [1.807, 2.05) is 26.8 Å². The highest BCUT2D eigenvalue weighted by Crippen LogP contribution is 2.25. The van der Waals surface area contributed by atoms with Crippen LogP contribution in [0.25, 0.3) is 0 Å². The van der Waals surface area contributed by atoms with E-state index in [0.717, 1.165) is 37.9 Å². The average molecular weight is 404 g/mol. The maximum atomic E-state index is 12.4. The van der Waals surface area contributed by atoms with Gasteiger partial charge in [0.2, 0.25) is 0 Å². The number of guanidine groups is 1. The Bertz CT molecular complexity index is 721. The Kier molecular flexibility index (Phi) is 5.72. The van der Waals surface area contributed by atoms with Crippen molar-refractivity contribution in [2.24, 2.45) is 4.99 Å². The molecule has 0 bridgehead atoms. The van der Waals surface area contributed by atoms with Crippen LogP contribution in [0.15, 0.2) is 27.8 Å². The summed E-state index contributed by atoms with van der Waals surface area (Å²) in [6, 6.07) is 4.45. The number of amides is 1. The van der Waals surface area contributed by atoms with Crippen molar-refractivity contribution in [1.82, 2.24) is 20.0 Å². The normalized spacial score (nSPS) is 23.7. The highest BCUT2D eigenvalue weighted by molar-refractivity contribution is 5.82. The predicted molar refractivity (Wildman–Crippen MR) is 111 cm³/mol. The zero-order valence-corrected chi connectivity index (χ0v) is 17.8. The summed E-state index contributed by atoms with van der Waals surface area (Å²) in [4.78, 5) is 23.7. The minimum absolute atomic E-state index is 0.215. The molecule has 1 amide bonds. The van der Waals surface area contributed by atoms with Gasteiger partial charge in [-0.05, 0) is 58.8 Å². The number of aliphatic imine (C=N–C) groups is 1. The van der Waals surface area contributed by atoms with Crippen LogP contribution in [0.3, 0.4) is 0 Å². The maximum Gasteiger partial charge on any atom is 0.410 e. The SMILES string of the molecule is CC(C)(C)OC(=O)N1CCN2C(NCC(c3ccco3)N3CCCC3)=NCC2C1. The first kappa shape index (κ1) is 20.1. The van der Waals surface area contributed by atoms with E-state index in [2.05, 4.69) is 21.2 Å². The first-order valence-corrected chi connectivity index (χ1v) is 10.7. The van der Waals surface area contributed by atoms with Gasteiger partial charge in [0.25, 0.3) is 0 Å². The third-order valence-corrected chi connectivity index (χ3v) is 5.76. The molecule has 0 radical (unpaired) electrons. The van der Waals surface area contributed by atoms with Crippen molar-refractivity contribution >= 4 is 12.1 Å². The Balaban J connectivity index is 1.33. The number of piperazine rings is 1. The first-order chi connectivity index (χ1) is 13.9. The van der Waals surface area contributed by atoms with Crippen LogP contribution in [0.4, 0.5) is 4.79 Å². The molecule has 3 aliphatic rings. The number of ether oxygens (including phenoxy) is 1. The molecule has 2 atom stereocenters. The van der Waals surface area contributed by atoms with Crippen LogP contribution in [-0.2, 0) is 4.74 Å². The van der Waals surface area contributed by atoms with Crippen LogP contribution >= 0.6 is 0 Å². The van der Waals surface area contributed by atoms with Crippen molar-refractivity contribution in [3.05, 3.63) is 24.2 Å². The second-order valence-electron chi connectivity index (χ2n) is 9.09. The van der Waals surface area contributed by atoms with E-state index in [-0.39, 0.29) is 18.2 Å². The summed E-state index contributed by atoms with van der Waals surface area (Å²) in [5.74, 6) is 1.94. The van der Waals surface area contributed by atoms with Gasteiger partial charge >= 0.3 is 6.09 Å². The van der Waals surface area contributed by atoms with Gasteiger partial charge in [-0.15, -0.1) is 0 Å². The van der Waals surface area contributed by atoms with Crippen molar-refractivity contribution in [2.75, 3.05) is 45.8 Å². The highest BCUT2D eigenvalue weighted by Gasteiger charge is 2.37. The number of likely N-dealkylation sites (tertiary alicyclic amines) is 1. The number of carbonyl (C=O) groups is 1. The summed E-state index contributed by atoms with van der Waals surface area (Å²) >= 11 is 0. The summed E-state index contributed by atoms with van der Waals surface area (Å²) in [7, 11) is 0. The standard InChI is InChI=1S/C21H33N5O3/c1-21(2,3)29-20(27)25-10-11-26-16(15-25)13-22-19(26)23-14-17(18-7-6-12-28-18)24-8-4-5-9-24/h6-7,12,16-17H,4-5,8-11,13-15H2,1-3H3,(H,22,23). The van der Waals surface area contributed by atoms with Gasteiger partial charge in [0.05, 0.1) is 24.9 Å². The van der Waals surface area contributed by atoms with Crippen molar-refractivity contribution in [1.29, 1.82) is 0 Å². The second kappa shape index (κ2) is 8.26. The summed E-state index contributed by atoms with van der Waals surface area (Å²) in [6.07, 6.45) is 4.00. The van der Waals surface area contributed by atoms with Gasteiger partial charge in [0, 0.05) is 26.2 Å². The number of furan rings is 1. The fraction of sp³-hybridized carbons (Fsp3) is 0.714. The van der Waals surface area contributed by atoms with Gasteiger partial charge in [0.15, 0.2) is 5.96 Å². The van der Waals surface area contributed by atoms with Gasteiger partial charge in [-0.1, -0.05) is 0 Å². The van der Waals surface area contributed by atoms with Gasteiger partial charge in [-0.3, -0.25) is 9.89 Å². The molecule has 1 aromatic rings. The van der Waals surface area contributed by atoms with Gasteiger partial charge in [0.1, 0.15) is 11.4 Å². The Hall–Kier alpha value is -2.22. The second-order valence-corrected chi connectivity index (χ2v) is 9.09. The van der Waals surface area contributed by atoms with Gasteiger partial charge < -0.3 is 24.3 Å². The molecule has 0 aromatic carbocycles. The molecule has 160 valence electrons. The molecule has 8 nitrogen and oxygen atoms in total. The molecule has 29 heavy (non-hydrogen) atoms. The van der Waals surface area contributed by atoms with Crippen LogP contribution in [0, 0.1) is 0 Å². The van der Waals surface area contributed by atoms with E-state index in [9.17, 15) is 4.79 Å². The molecule has 2 unspecified atom stereocenters. The molecule has 8 heteroatoms. The molecule has 4 rings (SSSR count). The third-order valence-electron chi connectivity index (χ3n) is 5.76. The van der Waals surface area contributed by atoms with Crippen molar-refractivity contribution < 1.29 is 13.9 Å². The first-order valence-electron chi connectivity index (χ1n) is 10.7. The lowest BCUT2D eigenvalue weighted by Crippen LogP contribution is -2.58. The third kappa shape index (κ3) is 4.69. The van der Waals surface area contributed by atoms with Crippen molar-refractivity contribution in [2.45, 2.75) is 51.3 Å². The molecule has 0 aliphatic carbocycles. The quantitative estimate of drug-likeness (QED) is 0.832. The van der Waals surface area contributed by atoms with E-state index in [1.54, 1.807) is 11.2 Å². The molecule has 3 aliphatic heterocycles. The number of nitrogens with one attached hydrogen (secondary N) is 1. The van der Waals surface area contributed by atoms with E-state index >= 15 is 0 Å². The number of hydrogen-bond donors (Lipinski definition) is 1. The molecular weight excluding hydrogens is 370 g/mol. The van der Waals surface area contributed by atoms with Crippen LogP contribution < -0.4 is 5.32 Å². The number of nitrogens with zero attached hydrogens (tertiary/aromatic N) is 4. The number of hydrogen-bond acceptors (Lipinski definition) is 7. The average Bonchev–Trinajstić information content (AvgIpc) is 3.43. The molecule has 0 spiro atoms. The number of carbonyl (C=O) groups excluding carboxylic acids is 1. The Morgan fingerprint density at radius 3 is 2.79 bits per heavy atom. The minimum atomic E-state index is -0.469. The minimum Gasteiger partial charge on any atom is -0.468 e. The van der Waals surface area contributed by atoms with Crippen LogP contribution in [0.1, 0.15) is 45.4 Å². The smallest absolute Gasteiger partial charge is 0.410 e. The van der Waals surface area contributed by atoms with E-state index in [0.29, 0.717) is 19.6 Å². The molecule has 2 saturated heterocycles. The van der Waals surface area contributed by atoms with Crippen LogP contribution in [-0.4, -0.2) is 84.2 Å². The van der Waals surface area contributed by atoms with Crippen LogP contribution in [0.5, 0.6) is 0 Å². The molecular formula is C21H33N5O3. The topological polar surface area (TPSA) is 73.6 Å².